The topological polar surface area (TPSA) is 12.0 Å². The van der Waals surface area contributed by atoms with Crippen molar-refractivity contribution in [3.8, 4) is 0 Å². The van der Waals surface area contributed by atoms with Gasteiger partial charge in [0, 0.05) is 6.04 Å². The second kappa shape index (κ2) is 2.52. The quantitative estimate of drug-likeness (QED) is 0.558. The van der Waals surface area contributed by atoms with Gasteiger partial charge in [-0.15, -0.1) is 0 Å². The molecule has 1 heterocycles. The summed E-state index contributed by atoms with van der Waals surface area (Å²) in [4.78, 5) is 0. The Morgan fingerprint density at radius 3 is 2.64 bits per heavy atom. The van der Waals surface area contributed by atoms with Crippen molar-refractivity contribution >= 4 is 6.85 Å². The Morgan fingerprint density at radius 1 is 1.27 bits per heavy atom. The number of nitrogens with one attached hydrogen (secondary N) is 1. The molecule has 11 heavy (non-hydrogen) atoms. The Hall–Kier alpha value is -0.495. The molecule has 2 heteroatoms. The second-order valence-corrected chi connectivity index (χ2v) is 3.81. The summed E-state index contributed by atoms with van der Waals surface area (Å²) in [5.74, 6) is 1.52. The van der Waals surface area contributed by atoms with Gasteiger partial charge in [0.25, 0.3) is 0 Å². The lowest BCUT2D eigenvalue weighted by molar-refractivity contribution is 0.613. The third-order valence-corrected chi connectivity index (χ3v) is 2.70. The van der Waals surface area contributed by atoms with Crippen molar-refractivity contribution in [3.05, 3.63) is 24.3 Å². The van der Waals surface area contributed by atoms with Gasteiger partial charge in [0.15, 0.2) is 0 Å². The minimum absolute atomic E-state index is 0.632. The average Bonchev–Trinajstić information content (AvgIpc) is 1.90. The molecule has 1 aliphatic carbocycles. The Labute approximate surface area is 68.7 Å². The van der Waals surface area contributed by atoms with Crippen molar-refractivity contribution in [3.63, 3.8) is 0 Å². The summed E-state index contributed by atoms with van der Waals surface area (Å²) < 4.78 is 0. The smallest absolute Gasteiger partial charge is 0.232 e. The van der Waals surface area contributed by atoms with E-state index in [1.54, 1.807) is 0 Å². The molecule has 1 fully saturated rings. The number of allylic oxidation sites excluding steroid dienone is 2. The molecule has 0 saturated carbocycles. The van der Waals surface area contributed by atoms with Gasteiger partial charge in [-0.05, 0) is 5.82 Å². The van der Waals surface area contributed by atoms with Gasteiger partial charge in [-0.1, -0.05) is 44.0 Å². The third kappa shape index (κ3) is 1.06. The van der Waals surface area contributed by atoms with Crippen LogP contribution in [0, 0.1) is 0 Å². The Morgan fingerprint density at radius 2 is 2.00 bits per heavy atom. The minimum atomic E-state index is 0.632. The van der Waals surface area contributed by atoms with Crippen LogP contribution in [0.1, 0.15) is 13.8 Å². The molecule has 2 rings (SSSR count). The van der Waals surface area contributed by atoms with Crippen molar-refractivity contribution in [2.24, 2.45) is 0 Å². The lowest BCUT2D eigenvalue weighted by Crippen LogP contribution is -2.61. The van der Waals surface area contributed by atoms with Gasteiger partial charge >= 0.3 is 0 Å². The maximum absolute atomic E-state index is 3.54. The standard InChI is InChI=1S/C9H14BN/c1-7(2)10-8-5-3-4-6-9(8)11-10/h3-9,11H,1-2H3. The number of rotatable bonds is 1. The van der Waals surface area contributed by atoms with Gasteiger partial charge in [-0.2, -0.15) is 0 Å². The zero-order valence-corrected chi connectivity index (χ0v) is 7.12. The Balaban J connectivity index is 2.04. The maximum atomic E-state index is 3.54. The molecule has 0 aromatic rings. The Kier molecular flexibility index (Phi) is 1.65. The predicted octanol–water partition coefficient (Wildman–Crippen LogP) is 1.86. The highest BCUT2D eigenvalue weighted by molar-refractivity contribution is 6.63. The van der Waals surface area contributed by atoms with Gasteiger partial charge in [-0.25, -0.2) is 0 Å². The van der Waals surface area contributed by atoms with Gasteiger partial charge in [0.05, 0.1) is 0 Å². The van der Waals surface area contributed by atoms with Crippen LogP contribution in [0.5, 0.6) is 0 Å². The average molecular weight is 147 g/mol. The molecule has 2 atom stereocenters. The fourth-order valence-electron chi connectivity index (χ4n) is 1.99. The zero-order valence-electron chi connectivity index (χ0n) is 7.12. The molecular formula is C9H14BN. The number of hydrogen-bond acceptors (Lipinski definition) is 1. The molecule has 0 amide bonds. The molecule has 2 unspecified atom stereocenters. The van der Waals surface area contributed by atoms with E-state index < -0.39 is 0 Å². The van der Waals surface area contributed by atoms with Crippen LogP contribution in [-0.2, 0) is 0 Å². The molecule has 1 saturated heterocycles. The molecule has 58 valence electrons. The van der Waals surface area contributed by atoms with Gasteiger partial charge < -0.3 is 5.23 Å². The summed E-state index contributed by atoms with van der Waals surface area (Å²) in [6.45, 7) is 5.27. The van der Waals surface area contributed by atoms with Crippen LogP contribution in [0.4, 0.5) is 0 Å². The van der Waals surface area contributed by atoms with E-state index in [4.69, 9.17) is 0 Å². The summed E-state index contributed by atoms with van der Waals surface area (Å²) in [6, 6.07) is 0.632. The van der Waals surface area contributed by atoms with Crippen LogP contribution in [-0.4, -0.2) is 12.9 Å². The summed E-state index contributed by atoms with van der Waals surface area (Å²) in [5.41, 5.74) is 0. The first-order valence-corrected chi connectivity index (χ1v) is 4.40. The summed E-state index contributed by atoms with van der Waals surface area (Å²) in [5, 5.41) is 3.54. The molecule has 1 N–H and O–H groups in total. The minimum Gasteiger partial charge on any atom is -0.349 e. The molecule has 2 aliphatic rings. The molecule has 1 aliphatic heterocycles. The van der Waals surface area contributed by atoms with E-state index in [1.807, 2.05) is 0 Å². The summed E-state index contributed by atoms with van der Waals surface area (Å²) in [7, 11) is 0. The van der Waals surface area contributed by atoms with E-state index in [0.29, 0.717) is 12.9 Å². The van der Waals surface area contributed by atoms with Crippen LogP contribution in [0.15, 0.2) is 24.3 Å². The lowest BCUT2D eigenvalue weighted by Gasteiger charge is -2.44. The molecule has 0 spiro atoms. The normalized spacial score (nSPS) is 33.9. The van der Waals surface area contributed by atoms with Crippen molar-refractivity contribution in [2.45, 2.75) is 31.5 Å². The van der Waals surface area contributed by atoms with Gasteiger partial charge in [-0.3, -0.25) is 0 Å². The monoisotopic (exact) mass is 147 g/mol. The van der Waals surface area contributed by atoms with E-state index in [-0.39, 0.29) is 0 Å². The molecule has 0 bridgehead atoms. The zero-order chi connectivity index (χ0) is 7.84. The second-order valence-electron chi connectivity index (χ2n) is 3.81. The van der Waals surface area contributed by atoms with Crippen LogP contribution in [0.2, 0.25) is 11.6 Å². The molecule has 0 aromatic carbocycles. The first-order valence-electron chi connectivity index (χ1n) is 4.40. The van der Waals surface area contributed by atoms with E-state index >= 15 is 0 Å². The van der Waals surface area contributed by atoms with Crippen molar-refractivity contribution < 1.29 is 0 Å². The third-order valence-electron chi connectivity index (χ3n) is 2.70. The van der Waals surface area contributed by atoms with E-state index in [0.717, 1.165) is 11.6 Å². The predicted molar refractivity (Wildman–Crippen MR) is 49.8 cm³/mol. The lowest BCUT2D eigenvalue weighted by atomic mass is 9.35. The van der Waals surface area contributed by atoms with Crippen LogP contribution in [0.25, 0.3) is 0 Å². The van der Waals surface area contributed by atoms with E-state index in [9.17, 15) is 0 Å². The summed E-state index contributed by atoms with van der Waals surface area (Å²) in [6.07, 6.45) is 8.87. The first kappa shape index (κ1) is 7.17. The fourth-order valence-corrected chi connectivity index (χ4v) is 1.99. The Bertz CT molecular complexity index is 208. The molecule has 0 aromatic heterocycles. The largest absolute Gasteiger partial charge is 0.349 e. The van der Waals surface area contributed by atoms with Crippen molar-refractivity contribution in [1.29, 1.82) is 0 Å². The summed E-state index contributed by atoms with van der Waals surface area (Å²) >= 11 is 0. The van der Waals surface area contributed by atoms with Crippen LogP contribution < -0.4 is 5.23 Å². The number of fused-ring (bicyclic) bond motifs is 1. The highest BCUT2D eigenvalue weighted by atomic mass is 14.9. The highest BCUT2D eigenvalue weighted by Crippen LogP contribution is 2.35. The van der Waals surface area contributed by atoms with Crippen molar-refractivity contribution in [1.82, 2.24) is 5.23 Å². The van der Waals surface area contributed by atoms with Crippen LogP contribution >= 0.6 is 0 Å². The molecule has 0 radical (unpaired) electrons. The fraction of sp³-hybridized carbons (Fsp3) is 0.556. The number of hydrogen-bond donors (Lipinski definition) is 1. The van der Waals surface area contributed by atoms with E-state index in [2.05, 4.69) is 43.4 Å². The SMILES string of the molecule is CC(C)B1NC2C=CC=CC12. The van der Waals surface area contributed by atoms with E-state index in [1.165, 1.54) is 0 Å². The van der Waals surface area contributed by atoms with Crippen LogP contribution in [0.3, 0.4) is 0 Å². The molecular weight excluding hydrogens is 133 g/mol. The molecule has 1 nitrogen and oxygen atoms in total. The first-order chi connectivity index (χ1) is 5.29. The van der Waals surface area contributed by atoms with Gasteiger partial charge in [0.1, 0.15) is 0 Å². The highest BCUT2D eigenvalue weighted by Gasteiger charge is 2.42. The maximum Gasteiger partial charge on any atom is 0.232 e. The van der Waals surface area contributed by atoms with Crippen molar-refractivity contribution in [2.75, 3.05) is 0 Å². The van der Waals surface area contributed by atoms with Gasteiger partial charge in [0.2, 0.25) is 6.85 Å².